The summed E-state index contributed by atoms with van der Waals surface area (Å²) in [6, 6.07) is 10.9. The van der Waals surface area contributed by atoms with Gasteiger partial charge in [-0.1, -0.05) is 24.3 Å². The van der Waals surface area contributed by atoms with Crippen LogP contribution in [0.15, 0.2) is 42.5 Å². The third kappa shape index (κ3) is 4.13. The standard InChI is InChI=1S/C18H19FN4O2/c1-11-3-2-4-14-17(11)23-16(22-14)10-21-18(25)20-9-15(24)12-5-7-13(19)8-6-12/h2-8,15,24H,9-10H2,1H3,(H,22,23)(H2,20,21,25). The highest BCUT2D eigenvalue weighted by Gasteiger charge is 2.10. The van der Waals surface area contributed by atoms with Gasteiger partial charge in [-0.3, -0.25) is 0 Å². The second kappa shape index (κ2) is 7.31. The molecule has 1 unspecified atom stereocenters. The number of nitrogens with zero attached hydrogens (tertiary/aromatic N) is 1. The van der Waals surface area contributed by atoms with E-state index in [0.717, 1.165) is 16.6 Å². The van der Waals surface area contributed by atoms with Crippen LogP contribution in [0.1, 0.15) is 23.1 Å². The smallest absolute Gasteiger partial charge is 0.315 e. The molecule has 0 spiro atoms. The summed E-state index contributed by atoms with van der Waals surface area (Å²) < 4.78 is 12.9. The van der Waals surface area contributed by atoms with Crippen LogP contribution in [0.25, 0.3) is 11.0 Å². The number of aliphatic hydroxyl groups excluding tert-OH is 1. The average molecular weight is 342 g/mol. The second-order valence-corrected chi connectivity index (χ2v) is 5.79. The number of amides is 2. The Balaban J connectivity index is 1.50. The molecule has 0 bridgehead atoms. The summed E-state index contributed by atoms with van der Waals surface area (Å²) in [5.41, 5.74) is 3.40. The number of nitrogens with one attached hydrogen (secondary N) is 3. The van der Waals surface area contributed by atoms with E-state index in [0.29, 0.717) is 11.4 Å². The van der Waals surface area contributed by atoms with Crippen molar-refractivity contribution in [2.24, 2.45) is 0 Å². The van der Waals surface area contributed by atoms with Crippen LogP contribution in [-0.2, 0) is 6.54 Å². The highest BCUT2D eigenvalue weighted by molar-refractivity contribution is 5.78. The number of hydrogen-bond donors (Lipinski definition) is 4. The number of para-hydroxylation sites is 1. The minimum atomic E-state index is -0.903. The number of carbonyl (C=O) groups is 1. The van der Waals surface area contributed by atoms with E-state index in [1.165, 1.54) is 24.3 Å². The number of imidazole rings is 1. The summed E-state index contributed by atoms with van der Waals surface area (Å²) in [7, 11) is 0. The van der Waals surface area contributed by atoms with E-state index in [2.05, 4.69) is 20.6 Å². The third-order valence-electron chi connectivity index (χ3n) is 3.89. The number of halogens is 1. The van der Waals surface area contributed by atoms with Crippen molar-refractivity contribution < 1.29 is 14.3 Å². The molecule has 1 aromatic heterocycles. The predicted octanol–water partition coefficient (Wildman–Crippen LogP) is 2.54. The summed E-state index contributed by atoms with van der Waals surface area (Å²) in [6.07, 6.45) is -0.903. The van der Waals surface area contributed by atoms with Crippen molar-refractivity contribution in [2.45, 2.75) is 19.6 Å². The predicted molar refractivity (Wildman–Crippen MR) is 92.4 cm³/mol. The van der Waals surface area contributed by atoms with Crippen LogP contribution < -0.4 is 10.6 Å². The van der Waals surface area contributed by atoms with E-state index in [1.54, 1.807) is 0 Å². The molecule has 2 aromatic carbocycles. The molecule has 0 aliphatic rings. The van der Waals surface area contributed by atoms with Crippen LogP contribution >= 0.6 is 0 Å². The van der Waals surface area contributed by atoms with Crippen molar-refractivity contribution in [3.05, 3.63) is 65.2 Å². The number of aryl methyl sites for hydroxylation is 1. The third-order valence-corrected chi connectivity index (χ3v) is 3.89. The second-order valence-electron chi connectivity index (χ2n) is 5.79. The van der Waals surface area contributed by atoms with Crippen LogP contribution in [-0.4, -0.2) is 27.7 Å². The van der Waals surface area contributed by atoms with Crippen molar-refractivity contribution in [2.75, 3.05) is 6.54 Å². The lowest BCUT2D eigenvalue weighted by atomic mass is 10.1. The molecule has 0 radical (unpaired) electrons. The van der Waals surface area contributed by atoms with Gasteiger partial charge in [-0.05, 0) is 36.2 Å². The molecule has 2 amide bonds. The summed E-state index contributed by atoms with van der Waals surface area (Å²) in [4.78, 5) is 19.5. The van der Waals surface area contributed by atoms with Gasteiger partial charge >= 0.3 is 6.03 Å². The fourth-order valence-electron chi connectivity index (χ4n) is 2.53. The number of fused-ring (bicyclic) bond motifs is 1. The molecule has 0 aliphatic heterocycles. The molecule has 0 fully saturated rings. The first-order valence-corrected chi connectivity index (χ1v) is 7.92. The molecule has 130 valence electrons. The highest BCUT2D eigenvalue weighted by Crippen LogP contribution is 2.15. The number of carbonyl (C=O) groups excluding carboxylic acids is 1. The first kappa shape index (κ1) is 16.9. The zero-order valence-corrected chi connectivity index (χ0v) is 13.7. The molecule has 0 saturated carbocycles. The number of H-pyrrole nitrogens is 1. The normalized spacial score (nSPS) is 12.1. The molecule has 25 heavy (non-hydrogen) atoms. The molecule has 3 rings (SSSR count). The Labute approximate surface area is 144 Å². The number of rotatable bonds is 5. The molecule has 4 N–H and O–H groups in total. The van der Waals surface area contributed by atoms with E-state index in [4.69, 9.17) is 0 Å². The summed E-state index contributed by atoms with van der Waals surface area (Å²) in [6.45, 7) is 2.24. The summed E-state index contributed by atoms with van der Waals surface area (Å²) in [5.74, 6) is 0.279. The van der Waals surface area contributed by atoms with Crippen molar-refractivity contribution in [1.29, 1.82) is 0 Å². The summed E-state index contributed by atoms with van der Waals surface area (Å²) >= 11 is 0. The zero-order chi connectivity index (χ0) is 17.8. The Kier molecular flexibility index (Phi) is 4.95. The topological polar surface area (TPSA) is 90.0 Å². The molecule has 3 aromatic rings. The number of benzene rings is 2. The van der Waals surface area contributed by atoms with Crippen molar-refractivity contribution in [3.63, 3.8) is 0 Å². The van der Waals surface area contributed by atoms with Crippen LogP contribution in [0.5, 0.6) is 0 Å². The van der Waals surface area contributed by atoms with Gasteiger partial charge in [-0.15, -0.1) is 0 Å². The maximum absolute atomic E-state index is 12.9. The fourth-order valence-corrected chi connectivity index (χ4v) is 2.53. The van der Waals surface area contributed by atoms with Gasteiger partial charge in [0.25, 0.3) is 0 Å². The van der Waals surface area contributed by atoms with Gasteiger partial charge in [-0.2, -0.15) is 0 Å². The number of aromatic nitrogens is 2. The molecule has 0 aliphatic carbocycles. The Morgan fingerprint density at radius 3 is 2.72 bits per heavy atom. The van der Waals surface area contributed by atoms with Crippen molar-refractivity contribution in [3.8, 4) is 0 Å². The van der Waals surface area contributed by atoms with Gasteiger partial charge in [0.1, 0.15) is 11.6 Å². The van der Waals surface area contributed by atoms with E-state index in [1.807, 2.05) is 25.1 Å². The van der Waals surface area contributed by atoms with Crippen LogP contribution in [0.3, 0.4) is 0 Å². The van der Waals surface area contributed by atoms with Gasteiger partial charge in [0, 0.05) is 6.54 Å². The van der Waals surface area contributed by atoms with Crippen LogP contribution in [0, 0.1) is 12.7 Å². The van der Waals surface area contributed by atoms with Crippen molar-refractivity contribution >= 4 is 17.1 Å². The van der Waals surface area contributed by atoms with Crippen molar-refractivity contribution in [1.82, 2.24) is 20.6 Å². The lowest BCUT2D eigenvalue weighted by Gasteiger charge is -2.12. The first-order valence-electron chi connectivity index (χ1n) is 7.92. The zero-order valence-electron chi connectivity index (χ0n) is 13.7. The lowest BCUT2D eigenvalue weighted by Crippen LogP contribution is -2.37. The fraction of sp³-hybridized carbons (Fsp3) is 0.222. The average Bonchev–Trinajstić information content (AvgIpc) is 3.03. The van der Waals surface area contributed by atoms with Crippen LogP contribution in [0.4, 0.5) is 9.18 Å². The number of aromatic amines is 1. The Hall–Kier alpha value is -2.93. The number of aliphatic hydroxyl groups is 1. The minimum absolute atomic E-state index is 0.0245. The van der Waals surface area contributed by atoms with Gasteiger partial charge in [0.05, 0.1) is 23.7 Å². The lowest BCUT2D eigenvalue weighted by molar-refractivity contribution is 0.173. The first-order chi connectivity index (χ1) is 12.0. The maximum Gasteiger partial charge on any atom is 0.315 e. The molecule has 1 heterocycles. The molecule has 0 saturated heterocycles. The largest absolute Gasteiger partial charge is 0.387 e. The highest BCUT2D eigenvalue weighted by atomic mass is 19.1. The van der Waals surface area contributed by atoms with Crippen LogP contribution in [0.2, 0.25) is 0 Å². The van der Waals surface area contributed by atoms with E-state index >= 15 is 0 Å². The van der Waals surface area contributed by atoms with E-state index in [9.17, 15) is 14.3 Å². The molecule has 6 nitrogen and oxygen atoms in total. The SMILES string of the molecule is Cc1cccc2[nH]c(CNC(=O)NCC(O)c3ccc(F)cc3)nc12. The number of urea groups is 1. The number of hydrogen-bond acceptors (Lipinski definition) is 3. The van der Waals surface area contributed by atoms with Gasteiger partial charge in [0.2, 0.25) is 0 Å². The quantitative estimate of drug-likeness (QED) is 0.574. The Bertz CT molecular complexity index is 876. The Morgan fingerprint density at radius 1 is 1.24 bits per heavy atom. The monoisotopic (exact) mass is 342 g/mol. The minimum Gasteiger partial charge on any atom is -0.387 e. The molecular formula is C18H19FN4O2. The summed E-state index contributed by atoms with van der Waals surface area (Å²) in [5, 5.41) is 15.2. The molecule has 7 heteroatoms. The Morgan fingerprint density at radius 2 is 2.00 bits per heavy atom. The maximum atomic E-state index is 12.9. The van der Waals surface area contributed by atoms with Gasteiger partial charge in [0.15, 0.2) is 0 Å². The van der Waals surface area contributed by atoms with E-state index < -0.39 is 12.1 Å². The molecular weight excluding hydrogens is 323 g/mol. The molecule has 1 atom stereocenters. The van der Waals surface area contributed by atoms with E-state index in [-0.39, 0.29) is 18.9 Å². The van der Waals surface area contributed by atoms with Gasteiger partial charge < -0.3 is 20.7 Å². The van der Waals surface area contributed by atoms with Gasteiger partial charge in [-0.25, -0.2) is 14.2 Å².